The first-order chi connectivity index (χ1) is 13.0. The molecular weight excluding hydrogens is 378 g/mol. The third-order valence-electron chi connectivity index (χ3n) is 4.19. The molecule has 0 unspecified atom stereocenters. The summed E-state index contributed by atoms with van der Waals surface area (Å²) in [6.45, 7) is 6.10. The summed E-state index contributed by atoms with van der Waals surface area (Å²) < 4.78 is 5.18. The lowest BCUT2D eigenvalue weighted by atomic mass is 9.99. The first-order valence-corrected chi connectivity index (χ1v) is 10.4. The van der Waals surface area contributed by atoms with Crippen molar-refractivity contribution in [3.63, 3.8) is 0 Å². The van der Waals surface area contributed by atoms with Crippen LogP contribution in [0.15, 0.2) is 47.8 Å². The third kappa shape index (κ3) is 4.46. The minimum Gasteiger partial charge on any atom is -0.462 e. The molecular formula is C21H21NO3S2. The van der Waals surface area contributed by atoms with Gasteiger partial charge in [-0.2, -0.15) is 0 Å². The highest BCUT2D eigenvalue weighted by atomic mass is 32.1. The van der Waals surface area contributed by atoms with Crippen LogP contribution >= 0.6 is 22.7 Å². The molecule has 1 atom stereocenters. The van der Waals surface area contributed by atoms with E-state index >= 15 is 0 Å². The first kappa shape index (κ1) is 19.3. The molecule has 0 bridgehead atoms. The summed E-state index contributed by atoms with van der Waals surface area (Å²) >= 11 is 2.94. The third-order valence-corrected chi connectivity index (χ3v) is 6.29. The van der Waals surface area contributed by atoms with Gasteiger partial charge in [-0.3, -0.25) is 4.79 Å². The summed E-state index contributed by atoms with van der Waals surface area (Å²) in [6, 6.07) is 13.7. The molecule has 3 aromatic rings. The van der Waals surface area contributed by atoms with Gasteiger partial charge in [0.05, 0.1) is 17.7 Å². The van der Waals surface area contributed by atoms with Crippen molar-refractivity contribution in [2.75, 3.05) is 11.9 Å². The lowest BCUT2D eigenvalue weighted by Gasteiger charge is -2.09. The molecule has 1 N–H and O–H groups in total. The summed E-state index contributed by atoms with van der Waals surface area (Å²) in [5.74, 6) is -0.527. The standard InChI is InChI=1S/C21H21NO3S2/c1-4-25-21(24)17-11-18(14(3)15-8-6-5-7-9-15)27-20(17)22-19(23)16-10-13(2)26-12-16/h5-12,14H,4H2,1-3H3,(H,22,23)/t14-/m0/s1. The normalized spacial score (nSPS) is 11.8. The molecule has 3 rings (SSSR count). The SMILES string of the molecule is CCOC(=O)c1cc([C@@H](C)c2ccccc2)sc1NC(=O)c1csc(C)c1. The molecule has 0 aliphatic heterocycles. The van der Waals surface area contributed by atoms with Gasteiger partial charge in [-0.15, -0.1) is 22.7 Å². The van der Waals surface area contributed by atoms with Gasteiger partial charge in [0.25, 0.3) is 5.91 Å². The largest absolute Gasteiger partial charge is 0.462 e. The predicted octanol–water partition coefficient (Wildman–Crippen LogP) is 5.70. The van der Waals surface area contributed by atoms with Gasteiger partial charge >= 0.3 is 5.97 Å². The highest BCUT2D eigenvalue weighted by Crippen LogP contribution is 2.36. The van der Waals surface area contributed by atoms with E-state index in [9.17, 15) is 9.59 Å². The molecule has 0 aliphatic rings. The summed E-state index contributed by atoms with van der Waals surface area (Å²) in [4.78, 5) is 27.0. The van der Waals surface area contributed by atoms with E-state index in [1.807, 2.05) is 42.6 Å². The van der Waals surface area contributed by atoms with E-state index in [1.54, 1.807) is 6.92 Å². The molecule has 2 heterocycles. The van der Waals surface area contributed by atoms with Gasteiger partial charge in [-0.1, -0.05) is 37.3 Å². The fourth-order valence-corrected chi connectivity index (χ4v) is 4.52. The fraction of sp³-hybridized carbons (Fsp3) is 0.238. The predicted molar refractivity (Wildman–Crippen MR) is 111 cm³/mol. The summed E-state index contributed by atoms with van der Waals surface area (Å²) in [6.07, 6.45) is 0. The number of benzene rings is 1. The number of nitrogens with one attached hydrogen (secondary N) is 1. The molecule has 4 nitrogen and oxygen atoms in total. The van der Waals surface area contributed by atoms with Crippen LogP contribution in [0.25, 0.3) is 0 Å². The molecule has 27 heavy (non-hydrogen) atoms. The van der Waals surface area contributed by atoms with E-state index in [1.165, 1.54) is 22.7 Å². The molecule has 1 amide bonds. The van der Waals surface area contributed by atoms with Crippen LogP contribution in [0.1, 0.15) is 55.8 Å². The maximum atomic E-state index is 12.6. The van der Waals surface area contributed by atoms with Crippen LogP contribution in [0.2, 0.25) is 0 Å². The van der Waals surface area contributed by atoms with E-state index in [0.29, 0.717) is 16.1 Å². The van der Waals surface area contributed by atoms with Crippen molar-refractivity contribution in [2.45, 2.75) is 26.7 Å². The zero-order chi connectivity index (χ0) is 19.4. The lowest BCUT2D eigenvalue weighted by Crippen LogP contribution is -2.13. The molecule has 0 aliphatic carbocycles. The van der Waals surface area contributed by atoms with Crippen LogP contribution in [0, 0.1) is 6.92 Å². The van der Waals surface area contributed by atoms with E-state index in [-0.39, 0.29) is 18.4 Å². The second kappa shape index (κ2) is 8.50. The Bertz CT molecular complexity index is 944. The summed E-state index contributed by atoms with van der Waals surface area (Å²) in [5, 5.41) is 5.23. The lowest BCUT2D eigenvalue weighted by molar-refractivity contribution is 0.0528. The minimum absolute atomic E-state index is 0.110. The van der Waals surface area contributed by atoms with Gasteiger partial charge in [-0.25, -0.2) is 4.79 Å². The molecule has 0 radical (unpaired) electrons. The van der Waals surface area contributed by atoms with E-state index < -0.39 is 5.97 Å². The van der Waals surface area contributed by atoms with Crippen LogP contribution in [0.3, 0.4) is 0 Å². The average Bonchev–Trinajstić information content (AvgIpc) is 3.28. The number of hydrogen-bond acceptors (Lipinski definition) is 5. The Labute approximate surface area is 166 Å². The van der Waals surface area contributed by atoms with Crippen molar-refractivity contribution >= 4 is 39.6 Å². The summed E-state index contributed by atoms with van der Waals surface area (Å²) in [7, 11) is 0. The minimum atomic E-state index is -0.419. The Kier molecular flexibility index (Phi) is 6.08. The highest BCUT2D eigenvalue weighted by Gasteiger charge is 2.22. The number of rotatable bonds is 6. The van der Waals surface area contributed by atoms with E-state index in [2.05, 4.69) is 24.4 Å². The Morgan fingerprint density at radius 1 is 1.19 bits per heavy atom. The maximum Gasteiger partial charge on any atom is 0.341 e. The van der Waals surface area contributed by atoms with Gasteiger partial charge in [0.2, 0.25) is 0 Å². The zero-order valence-corrected chi connectivity index (χ0v) is 17.1. The van der Waals surface area contributed by atoms with Crippen LogP contribution in [0.5, 0.6) is 0 Å². The number of esters is 1. The number of amides is 1. The van der Waals surface area contributed by atoms with Crippen molar-refractivity contribution in [1.29, 1.82) is 0 Å². The van der Waals surface area contributed by atoms with Gasteiger partial charge in [-0.05, 0) is 31.5 Å². The molecule has 6 heteroatoms. The van der Waals surface area contributed by atoms with E-state index in [4.69, 9.17) is 4.74 Å². The molecule has 0 spiro atoms. The van der Waals surface area contributed by atoms with Crippen molar-refractivity contribution in [3.8, 4) is 0 Å². The number of aryl methyl sites for hydroxylation is 1. The molecule has 0 saturated heterocycles. The average molecular weight is 400 g/mol. The molecule has 2 aromatic heterocycles. The van der Waals surface area contributed by atoms with Crippen molar-refractivity contribution in [1.82, 2.24) is 0 Å². The van der Waals surface area contributed by atoms with E-state index in [0.717, 1.165) is 15.3 Å². The number of carbonyl (C=O) groups is 2. The first-order valence-electron chi connectivity index (χ1n) is 8.71. The monoisotopic (exact) mass is 399 g/mol. The van der Waals surface area contributed by atoms with Crippen molar-refractivity contribution < 1.29 is 14.3 Å². The molecule has 0 saturated carbocycles. The van der Waals surface area contributed by atoms with Gasteiger partial charge < -0.3 is 10.1 Å². The number of hydrogen-bond donors (Lipinski definition) is 1. The topological polar surface area (TPSA) is 55.4 Å². The van der Waals surface area contributed by atoms with Crippen LogP contribution < -0.4 is 5.32 Å². The van der Waals surface area contributed by atoms with Crippen molar-refractivity contribution in [3.05, 3.63) is 74.3 Å². The van der Waals surface area contributed by atoms with Gasteiger partial charge in [0.1, 0.15) is 5.00 Å². The van der Waals surface area contributed by atoms with Crippen LogP contribution in [0.4, 0.5) is 5.00 Å². The van der Waals surface area contributed by atoms with Crippen molar-refractivity contribution in [2.24, 2.45) is 0 Å². The van der Waals surface area contributed by atoms with Crippen LogP contribution in [-0.2, 0) is 4.74 Å². The maximum absolute atomic E-state index is 12.6. The zero-order valence-electron chi connectivity index (χ0n) is 15.4. The number of anilines is 1. The Morgan fingerprint density at radius 3 is 2.56 bits per heavy atom. The second-order valence-corrected chi connectivity index (χ2v) is 8.34. The number of thiophene rings is 2. The second-order valence-electron chi connectivity index (χ2n) is 6.14. The number of ether oxygens (including phenoxy) is 1. The molecule has 1 aromatic carbocycles. The Hall–Kier alpha value is -2.44. The smallest absolute Gasteiger partial charge is 0.341 e. The van der Waals surface area contributed by atoms with Crippen LogP contribution in [-0.4, -0.2) is 18.5 Å². The quantitative estimate of drug-likeness (QED) is 0.541. The summed E-state index contributed by atoms with van der Waals surface area (Å²) in [5.41, 5.74) is 2.15. The Morgan fingerprint density at radius 2 is 1.93 bits per heavy atom. The van der Waals surface area contributed by atoms with Gasteiger partial charge in [0, 0.05) is 21.1 Å². The fourth-order valence-electron chi connectivity index (χ4n) is 2.72. The highest BCUT2D eigenvalue weighted by molar-refractivity contribution is 7.16. The van der Waals surface area contributed by atoms with Gasteiger partial charge in [0.15, 0.2) is 0 Å². The Balaban J connectivity index is 1.92. The molecule has 140 valence electrons. The number of carbonyl (C=O) groups excluding carboxylic acids is 2. The molecule has 0 fully saturated rings.